The zero-order valence-electron chi connectivity index (χ0n) is 14.3. The van der Waals surface area contributed by atoms with E-state index in [9.17, 15) is 9.59 Å². The van der Waals surface area contributed by atoms with Crippen molar-refractivity contribution >= 4 is 17.5 Å². The Bertz CT molecular complexity index is 527. The summed E-state index contributed by atoms with van der Waals surface area (Å²) in [7, 11) is 4.00. The largest absolute Gasteiger partial charge is 0.355 e. The molecule has 0 aromatic heterocycles. The first-order valence-electron chi connectivity index (χ1n) is 7.58. The highest BCUT2D eigenvalue weighted by atomic mass is 16.2. The Hall–Kier alpha value is -1.88. The van der Waals surface area contributed by atoms with Crippen molar-refractivity contribution in [1.29, 1.82) is 0 Å². The molecule has 0 aliphatic rings. The maximum Gasteiger partial charge on any atom is 0.240 e. The van der Waals surface area contributed by atoms with Gasteiger partial charge in [-0.25, -0.2) is 0 Å². The van der Waals surface area contributed by atoms with E-state index >= 15 is 0 Å². The highest BCUT2D eigenvalue weighted by Gasteiger charge is 2.17. The lowest BCUT2D eigenvalue weighted by molar-refractivity contribution is -0.123. The molecule has 0 fully saturated rings. The number of carbonyl (C=O) groups is 2. The molecule has 122 valence electrons. The van der Waals surface area contributed by atoms with Crippen LogP contribution in [0.2, 0.25) is 0 Å². The second-order valence-corrected chi connectivity index (χ2v) is 5.90. The zero-order valence-corrected chi connectivity index (χ0v) is 14.3. The van der Waals surface area contributed by atoms with Gasteiger partial charge in [0.25, 0.3) is 0 Å². The quantitative estimate of drug-likeness (QED) is 0.781. The Kier molecular flexibility index (Phi) is 7.05. The average Bonchev–Trinajstić information content (AvgIpc) is 2.41. The Morgan fingerprint density at radius 1 is 1.18 bits per heavy atom. The summed E-state index contributed by atoms with van der Waals surface area (Å²) in [6, 6.07) is 5.86. The lowest BCUT2D eigenvalue weighted by Gasteiger charge is -2.23. The first-order valence-corrected chi connectivity index (χ1v) is 7.58. The second-order valence-electron chi connectivity index (χ2n) is 5.90. The minimum Gasteiger partial charge on any atom is -0.355 e. The minimum absolute atomic E-state index is 0.0567. The maximum atomic E-state index is 12.0. The molecule has 0 heterocycles. The van der Waals surface area contributed by atoms with Gasteiger partial charge in [0.15, 0.2) is 0 Å². The average molecular weight is 305 g/mol. The van der Waals surface area contributed by atoms with Crippen molar-refractivity contribution in [2.24, 2.45) is 0 Å². The maximum absolute atomic E-state index is 12.0. The van der Waals surface area contributed by atoms with Crippen LogP contribution < -0.4 is 10.2 Å². The first-order chi connectivity index (χ1) is 10.3. The molecule has 0 atom stereocenters. The van der Waals surface area contributed by atoms with Crippen molar-refractivity contribution < 1.29 is 9.59 Å². The van der Waals surface area contributed by atoms with Gasteiger partial charge >= 0.3 is 0 Å². The molecule has 0 aliphatic carbocycles. The molecule has 0 unspecified atom stereocenters. The van der Waals surface area contributed by atoms with Crippen LogP contribution in [-0.4, -0.2) is 50.4 Å². The smallest absolute Gasteiger partial charge is 0.240 e. The number of nitrogens with zero attached hydrogens (tertiary/aromatic N) is 2. The van der Waals surface area contributed by atoms with E-state index in [2.05, 4.69) is 10.2 Å². The van der Waals surface area contributed by atoms with Crippen LogP contribution in [0.1, 0.15) is 24.5 Å². The molecule has 0 spiro atoms. The van der Waals surface area contributed by atoms with E-state index in [1.807, 2.05) is 46.1 Å². The molecule has 5 heteroatoms. The number of rotatable bonds is 7. The van der Waals surface area contributed by atoms with Gasteiger partial charge in [-0.05, 0) is 52.5 Å². The number of nitrogens with one attached hydrogen (secondary N) is 1. The molecular formula is C17H27N3O2. The van der Waals surface area contributed by atoms with E-state index in [-0.39, 0.29) is 18.4 Å². The SMILES string of the molecule is CC(=O)N(CC(=O)NCCCN(C)C)c1ccc(C)cc1C. The molecule has 1 aromatic rings. The van der Waals surface area contributed by atoms with Gasteiger partial charge in [-0.3, -0.25) is 9.59 Å². The summed E-state index contributed by atoms with van der Waals surface area (Å²) in [6.45, 7) is 7.04. The van der Waals surface area contributed by atoms with Crippen molar-refractivity contribution in [3.63, 3.8) is 0 Å². The summed E-state index contributed by atoms with van der Waals surface area (Å²) >= 11 is 0. The van der Waals surface area contributed by atoms with Gasteiger partial charge in [-0.1, -0.05) is 17.7 Å². The predicted octanol–water partition coefficient (Wildman–Crippen LogP) is 1.72. The van der Waals surface area contributed by atoms with Crippen LogP contribution in [0.15, 0.2) is 18.2 Å². The third kappa shape index (κ3) is 5.85. The van der Waals surface area contributed by atoms with Crippen molar-refractivity contribution in [3.05, 3.63) is 29.3 Å². The second kappa shape index (κ2) is 8.54. The summed E-state index contributed by atoms with van der Waals surface area (Å²) in [5.41, 5.74) is 2.93. The van der Waals surface area contributed by atoms with E-state index in [0.717, 1.165) is 29.8 Å². The molecule has 0 aliphatic heterocycles. The molecule has 2 amide bonds. The summed E-state index contributed by atoms with van der Waals surface area (Å²) in [4.78, 5) is 27.5. The zero-order chi connectivity index (χ0) is 16.7. The summed E-state index contributed by atoms with van der Waals surface area (Å²) in [5.74, 6) is -0.260. The highest BCUT2D eigenvalue weighted by molar-refractivity contribution is 5.98. The number of hydrogen-bond acceptors (Lipinski definition) is 3. The van der Waals surface area contributed by atoms with Crippen molar-refractivity contribution in [1.82, 2.24) is 10.2 Å². The Labute approximate surface area is 133 Å². The van der Waals surface area contributed by atoms with Crippen molar-refractivity contribution in [2.45, 2.75) is 27.2 Å². The topological polar surface area (TPSA) is 52.7 Å². The predicted molar refractivity (Wildman–Crippen MR) is 90.1 cm³/mol. The van der Waals surface area contributed by atoms with Crippen LogP contribution in [0.4, 0.5) is 5.69 Å². The van der Waals surface area contributed by atoms with Gasteiger partial charge in [0.2, 0.25) is 11.8 Å². The fourth-order valence-electron chi connectivity index (χ4n) is 2.30. The summed E-state index contributed by atoms with van der Waals surface area (Å²) in [6.07, 6.45) is 0.891. The van der Waals surface area contributed by atoms with Gasteiger partial charge in [-0.15, -0.1) is 0 Å². The molecule has 22 heavy (non-hydrogen) atoms. The van der Waals surface area contributed by atoms with Gasteiger partial charge < -0.3 is 15.1 Å². The van der Waals surface area contributed by atoms with Crippen LogP contribution in [-0.2, 0) is 9.59 Å². The highest BCUT2D eigenvalue weighted by Crippen LogP contribution is 2.21. The third-order valence-electron chi connectivity index (χ3n) is 3.43. The molecule has 1 N–H and O–H groups in total. The van der Waals surface area contributed by atoms with Crippen LogP contribution in [0.25, 0.3) is 0 Å². The van der Waals surface area contributed by atoms with Gasteiger partial charge in [-0.2, -0.15) is 0 Å². The van der Waals surface area contributed by atoms with Gasteiger partial charge in [0.1, 0.15) is 6.54 Å². The molecule has 0 bridgehead atoms. The number of aryl methyl sites for hydroxylation is 2. The molecule has 1 aromatic carbocycles. The van der Waals surface area contributed by atoms with Crippen LogP contribution in [0, 0.1) is 13.8 Å². The van der Waals surface area contributed by atoms with Gasteiger partial charge in [0.05, 0.1) is 0 Å². The van der Waals surface area contributed by atoms with Crippen LogP contribution in [0.3, 0.4) is 0 Å². The number of anilines is 1. The number of amides is 2. The molecule has 0 radical (unpaired) electrons. The molecule has 1 rings (SSSR count). The third-order valence-corrected chi connectivity index (χ3v) is 3.43. The molecule has 0 saturated carbocycles. The number of benzene rings is 1. The Balaban J connectivity index is 2.65. The first kappa shape index (κ1) is 18.2. The van der Waals surface area contributed by atoms with Crippen LogP contribution >= 0.6 is 0 Å². The van der Waals surface area contributed by atoms with E-state index in [1.54, 1.807) is 0 Å². The van der Waals surface area contributed by atoms with E-state index < -0.39 is 0 Å². The minimum atomic E-state index is -0.131. The van der Waals surface area contributed by atoms with Crippen molar-refractivity contribution in [2.75, 3.05) is 38.6 Å². The van der Waals surface area contributed by atoms with Crippen molar-refractivity contribution in [3.8, 4) is 0 Å². The fourth-order valence-corrected chi connectivity index (χ4v) is 2.30. The molecule has 5 nitrogen and oxygen atoms in total. The number of carbonyl (C=O) groups excluding carboxylic acids is 2. The monoisotopic (exact) mass is 305 g/mol. The molecular weight excluding hydrogens is 278 g/mol. The van der Waals surface area contributed by atoms with E-state index in [0.29, 0.717) is 6.54 Å². The summed E-state index contributed by atoms with van der Waals surface area (Å²) in [5, 5.41) is 2.86. The summed E-state index contributed by atoms with van der Waals surface area (Å²) < 4.78 is 0. The normalized spacial score (nSPS) is 10.6. The van der Waals surface area contributed by atoms with E-state index in [4.69, 9.17) is 0 Å². The standard InChI is InChI=1S/C17H27N3O2/c1-13-7-8-16(14(2)11-13)20(15(3)21)12-17(22)18-9-6-10-19(4)5/h7-8,11H,6,9-10,12H2,1-5H3,(H,18,22). The van der Waals surface area contributed by atoms with E-state index in [1.165, 1.54) is 11.8 Å². The lowest BCUT2D eigenvalue weighted by atomic mass is 10.1. The molecule has 0 saturated heterocycles. The fraction of sp³-hybridized carbons (Fsp3) is 0.529. The Morgan fingerprint density at radius 3 is 2.41 bits per heavy atom. The number of hydrogen-bond donors (Lipinski definition) is 1. The van der Waals surface area contributed by atoms with Crippen LogP contribution in [0.5, 0.6) is 0 Å². The lowest BCUT2D eigenvalue weighted by Crippen LogP contribution is -2.40. The van der Waals surface area contributed by atoms with Gasteiger partial charge in [0, 0.05) is 19.2 Å². The Morgan fingerprint density at radius 2 is 1.86 bits per heavy atom.